The number of carbonyl (C=O) groups is 2. The van der Waals surface area contributed by atoms with E-state index in [-0.39, 0.29) is 11.8 Å². The Balaban J connectivity index is 1.67. The fraction of sp³-hybridized carbons (Fsp3) is 0.500. The summed E-state index contributed by atoms with van der Waals surface area (Å²) in [7, 11) is 0. The number of nitrogens with zero attached hydrogens (tertiary/aromatic N) is 1. The molecule has 1 aliphatic carbocycles. The Labute approximate surface area is 162 Å². The third-order valence-electron chi connectivity index (χ3n) is 5.20. The monoisotopic (exact) mass is 388 g/mol. The zero-order chi connectivity index (χ0) is 19.0. The Kier molecular flexibility index (Phi) is 5.06. The van der Waals surface area contributed by atoms with Gasteiger partial charge in [0.1, 0.15) is 16.5 Å². The molecule has 3 heterocycles. The normalized spacial score (nSPS) is 16.9. The van der Waals surface area contributed by atoms with Crippen molar-refractivity contribution in [3.63, 3.8) is 0 Å². The fourth-order valence-electron chi connectivity index (χ4n) is 3.83. The number of nitrogens with one attached hydrogen (secondary N) is 1. The summed E-state index contributed by atoms with van der Waals surface area (Å²) in [6.07, 6.45) is 4.09. The number of thiophene rings is 1. The number of aryl methyl sites for hydroxylation is 3. The van der Waals surface area contributed by atoms with E-state index in [2.05, 4.69) is 5.32 Å². The molecule has 0 radical (unpaired) electrons. The van der Waals surface area contributed by atoms with Gasteiger partial charge in [-0.15, -0.1) is 11.3 Å². The van der Waals surface area contributed by atoms with Crippen molar-refractivity contribution in [2.75, 3.05) is 31.6 Å². The Morgan fingerprint density at radius 2 is 1.89 bits per heavy atom. The Morgan fingerprint density at radius 1 is 1.15 bits per heavy atom. The number of morpholine rings is 1. The molecule has 2 amide bonds. The zero-order valence-electron chi connectivity index (χ0n) is 15.7. The maximum Gasteiger partial charge on any atom is 0.259 e. The van der Waals surface area contributed by atoms with E-state index in [0.717, 1.165) is 31.2 Å². The van der Waals surface area contributed by atoms with E-state index in [0.29, 0.717) is 54.0 Å². The predicted octanol–water partition coefficient (Wildman–Crippen LogP) is 3.56. The van der Waals surface area contributed by atoms with Crippen LogP contribution in [0, 0.1) is 13.8 Å². The molecule has 0 bridgehead atoms. The van der Waals surface area contributed by atoms with Crippen molar-refractivity contribution in [1.82, 2.24) is 4.90 Å². The van der Waals surface area contributed by atoms with Gasteiger partial charge in [-0.2, -0.15) is 0 Å². The molecular weight excluding hydrogens is 364 g/mol. The number of furan rings is 1. The Hall–Kier alpha value is -2.12. The van der Waals surface area contributed by atoms with Gasteiger partial charge in [-0.3, -0.25) is 9.59 Å². The molecule has 1 aliphatic heterocycles. The van der Waals surface area contributed by atoms with Crippen LogP contribution in [-0.2, 0) is 17.6 Å². The molecule has 1 saturated heterocycles. The van der Waals surface area contributed by atoms with Gasteiger partial charge in [0.25, 0.3) is 11.8 Å². The molecule has 27 heavy (non-hydrogen) atoms. The SMILES string of the molecule is Cc1cc(C(=O)Nc2sc3c(c2C(=O)N2CCOCC2)CCCC3)c(C)o1. The zero-order valence-corrected chi connectivity index (χ0v) is 16.5. The lowest BCUT2D eigenvalue weighted by atomic mass is 9.95. The molecule has 0 spiro atoms. The molecule has 144 valence electrons. The molecule has 0 aromatic carbocycles. The van der Waals surface area contributed by atoms with Gasteiger partial charge in [-0.05, 0) is 51.2 Å². The molecule has 4 rings (SSSR count). The molecule has 7 heteroatoms. The maximum atomic E-state index is 13.2. The van der Waals surface area contributed by atoms with Gasteiger partial charge in [0.2, 0.25) is 0 Å². The molecule has 0 atom stereocenters. The fourth-order valence-corrected chi connectivity index (χ4v) is 5.11. The van der Waals surface area contributed by atoms with Gasteiger partial charge < -0.3 is 19.4 Å². The van der Waals surface area contributed by atoms with Crippen LogP contribution in [0.15, 0.2) is 10.5 Å². The van der Waals surface area contributed by atoms with Crippen molar-refractivity contribution in [3.05, 3.63) is 39.2 Å². The first kappa shape index (κ1) is 18.3. The summed E-state index contributed by atoms with van der Waals surface area (Å²) in [5.41, 5.74) is 2.32. The van der Waals surface area contributed by atoms with Crippen molar-refractivity contribution >= 4 is 28.2 Å². The minimum absolute atomic E-state index is 0.00750. The molecule has 1 fully saturated rings. The van der Waals surface area contributed by atoms with Crippen LogP contribution in [0.2, 0.25) is 0 Å². The molecule has 0 unspecified atom stereocenters. The first-order chi connectivity index (χ1) is 13.0. The highest BCUT2D eigenvalue weighted by atomic mass is 32.1. The smallest absolute Gasteiger partial charge is 0.259 e. The minimum atomic E-state index is -0.223. The number of hydrogen-bond acceptors (Lipinski definition) is 5. The second kappa shape index (κ2) is 7.48. The van der Waals surface area contributed by atoms with E-state index in [9.17, 15) is 9.59 Å². The van der Waals surface area contributed by atoms with Gasteiger partial charge >= 0.3 is 0 Å². The van der Waals surface area contributed by atoms with Crippen LogP contribution in [-0.4, -0.2) is 43.0 Å². The number of anilines is 1. The minimum Gasteiger partial charge on any atom is -0.466 e. The van der Waals surface area contributed by atoms with E-state index in [1.807, 2.05) is 11.8 Å². The third kappa shape index (κ3) is 3.53. The van der Waals surface area contributed by atoms with Crippen molar-refractivity contribution in [2.24, 2.45) is 0 Å². The van der Waals surface area contributed by atoms with Crippen LogP contribution in [0.5, 0.6) is 0 Å². The summed E-state index contributed by atoms with van der Waals surface area (Å²) >= 11 is 1.55. The summed E-state index contributed by atoms with van der Waals surface area (Å²) in [6.45, 7) is 5.91. The lowest BCUT2D eigenvalue weighted by molar-refractivity contribution is 0.0303. The Morgan fingerprint density at radius 3 is 2.59 bits per heavy atom. The molecule has 2 aliphatic rings. The molecule has 6 nitrogen and oxygen atoms in total. The number of rotatable bonds is 3. The average molecular weight is 388 g/mol. The van der Waals surface area contributed by atoms with Gasteiger partial charge in [0.15, 0.2) is 0 Å². The van der Waals surface area contributed by atoms with E-state index in [1.54, 1.807) is 24.3 Å². The van der Waals surface area contributed by atoms with Gasteiger partial charge in [-0.25, -0.2) is 0 Å². The lowest BCUT2D eigenvalue weighted by Crippen LogP contribution is -2.41. The van der Waals surface area contributed by atoms with Crippen molar-refractivity contribution < 1.29 is 18.7 Å². The second-order valence-electron chi connectivity index (χ2n) is 7.10. The summed E-state index contributed by atoms with van der Waals surface area (Å²) in [6, 6.07) is 1.74. The van der Waals surface area contributed by atoms with E-state index >= 15 is 0 Å². The maximum absolute atomic E-state index is 13.2. The highest BCUT2D eigenvalue weighted by Crippen LogP contribution is 2.39. The summed E-state index contributed by atoms with van der Waals surface area (Å²) in [4.78, 5) is 29.1. The molecular formula is C20H24N2O4S. The van der Waals surface area contributed by atoms with Gasteiger partial charge in [-0.1, -0.05) is 0 Å². The second-order valence-corrected chi connectivity index (χ2v) is 8.21. The Bertz CT molecular complexity index is 877. The van der Waals surface area contributed by atoms with Crippen LogP contribution in [0.1, 0.15) is 55.5 Å². The number of amides is 2. The topological polar surface area (TPSA) is 71.8 Å². The molecule has 0 saturated carbocycles. The lowest BCUT2D eigenvalue weighted by Gasteiger charge is -2.27. The molecule has 2 aromatic heterocycles. The first-order valence-electron chi connectivity index (χ1n) is 9.44. The van der Waals surface area contributed by atoms with Crippen LogP contribution in [0.4, 0.5) is 5.00 Å². The van der Waals surface area contributed by atoms with Crippen molar-refractivity contribution in [3.8, 4) is 0 Å². The summed E-state index contributed by atoms with van der Waals surface area (Å²) in [5.74, 6) is 1.08. The highest BCUT2D eigenvalue weighted by Gasteiger charge is 2.30. The molecule has 1 N–H and O–H groups in total. The predicted molar refractivity (Wildman–Crippen MR) is 104 cm³/mol. The van der Waals surface area contributed by atoms with E-state index in [1.165, 1.54) is 4.88 Å². The van der Waals surface area contributed by atoms with Gasteiger partial charge in [0, 0.05) is 18.0 Å². The quantitative estimate of drug-likeness (QED) is 0.873. The number of hydrogen-bond donors (Lipinski definition) is 1. The van der Waals surface area contributed by atoms with Crippen LogP contribution >= 0.6 is 11.3 Å². The van der Waals surface area contributed by atoms with Crippen LogP contribution < -0.4 is 5.32 Å². The average Bonchev–Trinajstić information content (AvgIpc) is 3.20. The highest BCUT2D eigenvalue weighted by molar-refractivity contribution is 7.17. The van der Waals surface area contributed by atoms with Gasteiger partial charge in [0.05, 0.1) is 24.3 Å². The standard InChI is InChI=1S/C20H24N2O4S/c1-12-11-15(13(2)26-12)18(23)21-19-17(14-5-3-4-6-16(14)27-19)20(24)22-7-9-25-10-8-22/h11H,3-10H2,1-2H3,(H,21,23). The number of ether oxygens (including phenoxy) is 1. The van der Waals surface area contributed by atoms with E-state index < -0.39 is 0 Å². The van der Waals surface area contributed by atoms with E-state index in [4.69, 9.17) is 9.15 Å². The third-order valence-corrected chi connectivity index (χ3v) is 6.40. The summed E-state index contributed by atoms with van der Waals surface area (Å²) in [5, 5.41) is 3.67. The van der Waals surface area contributed by atoms with Crippen molar-refractivity contribution in [2.45, 2.75) is 39.5 Å². The molecule has 2 aromatic rings. The van der Waals surface area contributed by atoms with Crippen molar-refractivity contribution in [1.29, 1.82) is 0 Å². The first-order valence-corrected chi connectivity index (χ1v) is 10.3. The summed E-state index contributed by atoms with van der Waals surface area (Å²) < 4.78 is 10.9. The van der Waals surface area contributed by atoms with Crippen LogP contribution in [0.25, 0.3) is 0 Å². The number of carbonyl (C=O) groups excluding carboxylic acids is 2. The number of fused-ring (bicyclic) bond motifs is 1. The van der Waals surface area contributed by atoms with Crippen LogP contribution in [0.3, 0.4) is 0 Å². The largest absolute Gasteiger partial charge is 0.466 e.